The van der Waals surface area contributed by atoms with Crippen LogP contribution in [-0.2, 0) is 10.2 Å². The lowest BCUT2D eigenvalue weighted by Gasteiger charge is -1.91. The predicted octanol–water partition coefficient (Wildman–Crippen LogP) is 0.653. The van der Waals surface area contributed by atoms with E-state index in [4.69, 9.17) is 7.85 Å². The molecule has 9 heavy (non-hydrogen) atoms. The van der Waals surface area contributed by atoms with Crippen molar-refractivity contribution in [2.75, 3.05) is 5.75 Å². The van der Waals surface area contributed by atoms with Gasteiger partial charge in [-0.1, -0.05) is 12.7 Å². The van der Waals surface area contributed by atoms with E-state index in [0.717, 1.165) is 0 Å². The molecule has 0 bridgehead atoms. The monoisotopic (exact) mass is 150 g/mol. The Balaban J connectivity index is 3.30. The quantitative estimate of drug-likeness (QED) is 0.335. The van der Waals surface area contributed by atoms with Gasteiger partial charge in [0.05, 0.1) is 13.6 Å². The molecular formula is C4H8BFO2S. The predicted molar refractivity (Wildman–Crippen MR) is 34.7 cm³/mol. The van der Waals surface area contributed by atoms with Gasteiger partial charge in [0.25, 0.3) is 0 Å². The molecule has 0 saturated heterocycles. The summed E-state index contributed by atoms with van der Waals surface area (Å²) in [5, 5.41) is 0. The van der Waals surface area contributed by atoms with E-state index in [1.165, 1.54) is 0 Å². The minimum Gasteiger partial charge on any atom is -0.195 e. The maximum Gasteiger partial charge on any atom is 0.302 e. The molecule has 0 aromatic rings. The molecule has 2 radical (unpaired) electrons. The number of unbranched alkanes of at least 4 members (excludes halogenated alkanes) is 1. The molecule has 52 valence electrons. The molecule has 0 N–H and O–H groups in total. The highest BCUT2D eigenvalue weighted by molar-refractivity contribution is 7.86. The second-order valence-electron chi connectivity index (χ2n) is 1.74. The van der Waals surface area contributed by atoms with Gasteiger partial charge in [-0.25, -0.2) is 0 Å². The summed E-state index contributed by atoms with van der Waals surface area (Å²) in [5.74, 6) is -0.399. The number of hydrogen-bond acceptors (Lipinski definition) is 2. The summed E-state index contributed by atoms with van der Waals surface area (Å²) in [5.41, 5.74) is 0. The van der Waals surface area contributed by atoms with Crippen LogP contribution in [0.15, 0.2) is 0 Å². The van der Waals surface area contributed by atoms with Gasteiger partial charge in [-0.15, -0.1) is 3.89 Å². The fourth-order valence-electron chi connectivity index (χ4n) is 0.419. The molecule has 5 heteroatoms. The second kappa shape index (κ2) is 3.87. The Morgan fingerprint density at radius 2 is 1.89 bits per heavy atom. The van der Waals surface area contributed by atoms with Gasteiger partial charge < -0.3 is 0 Å². The Morgan fingerprint density at radius 1 is 1.33 bits per heavy atom. The topological polar surface area (TPSA) is 34.1 Å². The zero-order chi connectivity index (χ0) is 7.33. The second-order valence-corrected chi connectivity index (χ2v) is 3.22. The molecule has 0 aliphatic rings. The third kappa shape index (κ3) is 7.94. The first-order chi connectivity index (χ1) is 4.06. The van der Waals surface area contributed by atoms with E-state index in [2.05, 4.69) is 0 Å². The molecule has 0 unspecified atom stereocenters. The van der Waals surface area contributed by atoms with Gasteiger partial charge in [0, 0.05) is 0 Å². The van der Waals surface area contributed by atoms with Crippen LogP contribution in [0.5, 0.6) is 0 Å². The Morgan fingerprint density at radius 3 is 2.22 bits per heavy atom. The normalized spacial score (nSPS) is 11.7. The summed E-state index contributed by atoms with van der Waals surface area (Å²) in [7, 11) is 0.789. The van der Waals surface area contributed by atoms with Crippen molar-refractivity contribution in [3.05, 3.63) is 0 Å². The summed E-state index contributed by atoms with van der Waals surface area (Å²) in [6.45, 7) is 0. The first kappa shape index (κ1) is 8.94. The Labute approximate surface area is 56.1 Å². The average molecular weight is 150 g/mol. The van der Waals surface area contributed by atoms with Gasteiger partial charge in [-0.3, -0.25) is 0 Å². The molecule has 0 rings (SSSR count). The standard InChI is InChI=1S/C4H8BFO2S/c5-3-1-2-4-9(6,7)8/h1-4H2. The summed E-state index contributed by atoms with van der Waals surface area (Å²) >= 11 is 0. The van der Waals surface area contributed by atoms with Gasteiger partial charge in [0.1, 0.15) is 0 Å². The fourth-order valence-corrected chi connectivity index (χ4v) is 0.968. The lowest BCUT2D eigenvalue weighted by atomic mass is 10.0. The van der Waals surface area contributed by atoms with Crippen molar-refractivity contribution in [2.45, 2.75) is 19.2 Å². The summed E-state index contributed by atoms with van der Waals surface area (Å²) in [6, 6.07) is 0. The molecule has 2 nitrogen and oxygen atoms in total. The number of halogens is 1. The van der Waals surface area contributed by atoms with Crippen LogP contribution in [0.4, 0.5) is 3.89 Å². The SMILES string of the molecule is [B]CCCCS(=O)(=O)F. The summed E-state index contributed by atoms with van der Waals surface area (Å²) in [6.07, 6.45) is 1.29. The van der Waals surface area contributed by atoms with E-state index < -0.39 is 16.0 Å². The smallest absolute Gasteiger partial charge is 0.195 e. The van der Waals surface area contributed by atoms with Gasteiger partial charge in [-0.2, -0.15) is 8.42 Å². The van der Waals surface area contributed by atoms with E-state index in [0.29, 0.717) is 19.2 Å². The van der Waals surface area contributed by atoms with Crippen molar-refractivity contribution in [3.63, 3.8) is 0 Å². The highest BCUT2D eigenvalue weighted by atomic mass is 32.3. The fraction of sp³-hybridized carbons (Fsp3) is 1.00. The van der Waals surface area contributed by atoms with E-state index in [-0.39, 0.29) is 0 Å². The third-order valence-corrected chi connectivity index (χ3v) is 1.62. The Hall–Kier alpha value is -0.0551. The molecule has 0 amide bonds. The Kier molecular flexibility index (Phi) is 3.85. The van der Waals surface area contributed by atoms with Crippen LogP contribution in [-0.4, -0.2) is 22.0 Å². The molecule has 0 aromatic carbocycles. The average Bonchev–Trinajstić information content (AvgIpc) is 1.63. The van der Waals surface area contributed by atoms with Gasteiger partial charge in [0.2, 0.25) is 0 Å². The lowest BCUT2D eigenvalue weighted by molar-refractivity contribution is 0.549. The first-order valence-corrected chi connectivity index (χ1v) is 4.24. The van der Waals surface area contributed by atoms with Crippen molar-refractivity contribution >= 4 is 18.1 Å². The van der Waals surface area contributed by atoms with Crippen LogP contribution in [0.2, 0.25) is 6.32 Å². The minimum atomic E-state index is -4.25. The molecule has 0 saturated carbocycles. The van der Waals surface area contributed by atoms with Crippen molar-refractivity contribution < 1.29 is 12.3 Å². The van der Waals surface area contributed by atoms with Crippen LogP contribution in [0, 0.1) is 0 Å². The molecule has 0 aliphatic heterocycles. The van der Waals surface area contributed by atoms with E-state index in [9.17, 15) is 12.3 Å². The number of hydrogen-bond donors (Lipinski definition) is 0. The molecule has 0 spiro atoms. The van der Waals surface area contributed by atoms with E-state index >= 15 is 0 Å². The molecule has 0 atom stereocenters. The molecule has 0 fully saturated rings. The van der Waals surface area contributed by atoms with Crippen LogP contribution < -0.4 is 0 Å². The minimum absolute atomic E-state index is 0.315. The highest BCUT2D eigenvalue weighted by Crippen LogP contribution is 1.99. The zero-order valence-electron chi connectivity index (χ0n) is 5.01. The maximum atomic E-state index is 11.6. The van der Waals surface area contributed by atoms with E-state index in [1.807, 2.05) is 0 Å². The first-order valence-electron chi connectivity index (χ1n) is 2.68. The summed E-state index contributed by atoms with van der Waals surface area (Å²) < 4.78 is 31.2. The highest BCUT2D eigenvalue weighted by Gasteiger charge is 2.04. The molecule has 0 aliphatic carbocycles. The van der Waals surface area contributed by atoms with Crippen molar-refractivity contribution in [3.8, 4) is 0 Å². The molecular weight excluding hydrogens is 142 g/mol. The lowest BCUT2D eigenvalue weighted by Crippen LogP contribution is -1.97. The van der Waals surface area contributed by atoms with Crippen molar-refractivity contribution in [1.82, 2.24) is 0 Å². The Bertz CT molecular complexity index is 154. The summed E-state index contributed by atoms with van der Waals surface area (Å²) in [4.78, 5) is 0. The van der Waals surface area contributed by atoms with Gasteiger partial charge in [0.15, 0.2) is 0 Å². The zero-order valence-corrected chi connectivity index (χ0v) is 5.82. The van der Waals surface area contributed by atoms with Crippen LogP contribution in [0.25, 0.3) is 0 Å². The van der Waals surface area contributed by atoms with Crippen molar-refractivity contribution in [1.29, 1.82) is 0 Å². The van der Waals surface area contributed by atoms with E-state index in [1.54, 1.807) is 0 Å². The van der Waals surface area contributed by atoms with Crippen LogP contribution in [0.1, 0.15) is 12.8 Å². The van der Waals surface area contributed by atoms with Crippen LogP contribution in [0.3, 0.4) is 0 Å². The molecule has 0 heterocycles. The van der Waals surface area contributed by atoms with Gasteiger partial charge in [-0.05, 0) is 6.42 Å². The maximum absolute atomic E-state index is 11.6. The third-order valence-electron chi connectivity index (χ3n) is 0.842. The van der Waals surface area contributed by atoms with Crippen LogP contribution >= 0.6 is 0 Å². The number of rotatable bonds is 4. The van der Waals surface area contributed by atoms with Gasteiger partial charge >= 0.3 is 10.2 Å². The largest absolute Gasteiger partial charge is 0.302 e. The molecule has 0 aromatic heterocycles. The van der Waals surface area contributed by atoms with Crippen molar-refractivity contribution in [2.24, 2.45) is 0 Å².